The van der Waals surface area contributed by atoms with E-state index in [-0.39, 0.29) is 11.8 Å². The van der Waals surface area contributed by atoms with Gasteiger partial charge in [0.25, 0.3) is 5.91 Å². The Morgan fingerprint density at radius 1 is 0.733 bits per heavy atom. The smallest absolute Gasteiger partial charge is 0.318 e. The molecule has 3 rings (SSSR count). The van der Waals surface area contributed by atoms with E-state index in [2.05, 4.69) is 5.32 Å². The molecule has 0 aliphatic carbocycles. The minimum absolute atomic E-state index is 0.166. The molecule has 0 saturated heterocycles. The lowest BCUT2D eigenvalue weighted by Crippen LogP contribution is -2.38. The van der Waals surface area contributed by atoms with E-state index < -0.39 is 18.0 Å². The number of rotatable bonds is 8. The highest BCUT2D eigenvalue weighted by Gasteiger charge is 2.27. The number of carbonyl (C=O) groups excluding carboxylic acids is 2. The zero-order chi connectivity index (χ0) is 21.3. The molecule has 0 spiro atoms. The van der Waals surface area contributed by atoms with Crippen LogP contribution >= 0.6 is 0 Å². The Hall–Kier alpha value is -3.40. The Balaban J connectivity index is 1.64. The van der Waals surface area contributed by atoms with Crippen LogP contribution in [0, 0.1) is 0 Å². The molecule has 0 radical (unpaired) electrons. The summed E-state index contributed by atoms with van der Waals surface area (Å²) in [6, 6.07) is 28.9. The SMILES string of the molecule is C[C@H](OC(=O)C(c1ccccc1)c1ccccc1)C(=O)NC[C@@H](C)c1ccccc1. The van der Waals surface area contributed by atoms with Gasteiger partial charge < -0.3 is 10.1 Å². The molecule has 3 aromatic carbocycles. The summed E-state index contributed by atoms with van der Waals surface area (Å²) < 4.78 is 5.57. The molecule has 0 aromatic heterocycles. The Bertz CT molecular complexity index is 902. The number of nitrogens with one attached hydrogen (secondary N) is 1. The number of hydrogen-bond acceptors (Lipinski definition) is 3. The summed E-state index contributed by atoms with van der Waals surface area (Å²) in [6.45, 7) is 4.13. The Morgan fingerprint density at radius 3 is 1.63 bits per heavy atom. The molecule has 2 atom stereocenters. The maximum Gasteiger partial charge on any atom is 0.318 e. The van der Waals surface area contributed by atoms with Crippen LogP contribution in [0.3, 0.4) is 0 Å². The van der Waals surface area contributed by atoms with Crippen molar-refractivity contribution in [2.24, 2.45) is 0 Å². The molecular weight excluding hydrogens is 374 g/mol. The predicted molar refractivity (Wildman–Crippen MR) is 118 cm³/mol. The average molecular weight is 402 g/mol. The van der Waals surface area contributed by atoms with Gasteiger partial charge in [0.05, 0.1) is 0 Å². The van der Waals surface area contributed by atoms with E-state index in [1.165, 1.54) is 0 Å². The fraction of sp³-hybridized carbons (Fsp3) is 0.231. The van der Waals surface area contributed by atoms with Gasteiger partial charge in [0.15, 0.2) is 6.10 Å². The van der Waals surface area contributed by atoms with Crippen LogP contribution in [-0.2, 0) is 14.3 Å². The van der Waals surface area contributed by atoms with Crippen LogP contribution in [0.15, 0.2) is 91.0 Å². The summed E-state index contributed by atoms with van der Waals surface area (Å²) in [6.07, 6.45) is -0.879. The Kier molecular flexibility index (Phi) is 7.39. The Morgan fingerprint density at radius 2 is 1.17 bits per heavy atom. The summed E-state index contributed by atoms with van der Waals surface area (Å²) in [7, 11) is 0. The van der Waals surface area contributed by atoms with E-state index in [1.807, 2.05) is 97.9 Å². The van der Waals surface area contributed by atoms with Gasteiger partial charge >= 0.3 is 5.97 Å². The molecule has 0 heterocycles. The zero-order valence-electron chi connectivity index (χ0n) is 17.3. The maximum absolute atomic E-state index is 13.0. The maximum atomic E-state index is 13.0. The lowest BCUT2D eigenvalue weighted by Gasteiger charge is -2.21. The van der Waals surface area contributed by atoms with Crippen molar-refractivity contribution in [1.29, 1.82) is 0 Å². The molecule has 1 N–H and O–H groups in total. The summed E-state index contributed by atoms with van der Waals surface area (Å²) in [4.78, 5) is 25.5. The summed E-state index contributed by atoms with van der Waals surface area (Å²) >= 11 is 0. The van der Waals surface area contributed by atoms with Gasteiger partial charge in [0.1, 0.15) is 5.92 Å². The second-order valence-corrected chi connectivity index (χ2v) is 7.39. The third-order valence-corrected chi connectivity index (χ3v) is 5.11. The van der Waals surface area contributed by atoms with E-state index in [1.54, 1.807) is 6.92 Å². The third-order valence-electron chi connectivity index (χ3n) is 5.11. The summed E-state index contributed by atoms with van der Waals surface area (Å²) in [5.41, 5.74) is 2.81. The van der Waals surface area contributed by atoms with Crippen molar-refractivity contribution >= 4 is 11.9 Å². The fourth-order valence-corrected chi connectivity index (χ4v) is 3.35. The van der Waals surface area contributed by atoms with Crippen molar-refractivity contribution in [3.63, 3.8) is 0 Å². The largest absolute Gasteiger partial charge is 0.452 e. The normalized spacial score (nSPS) is 12.8. The molecular formula is C26H27NO3. The van der Waals surface area contributed by atoms with Gasteiger partial charge in [-0.15, -0.1) is 0 Å². The summed E-state index contributed by atoms with van der Waals surface area (Å²) in [5.74, 6) is -1.15. The molecule has 30 heavy (non-hydrogen) atoms. The molecule has 154 valence electrons. The van der Waals surface area contributed by atoms with E-state index in [9.17, 15) is 9.59 Å². The summed E-state index contributed by atoms with van der Waals surface area (Å²) in [5, 5.41) is 2.89. The minimum atomic E-state index is -0.879. The monoisotopic (exact) mass is 401 g/mol. The average Bonchev–Trinajstić information content (AvgIpc) is 2.79. The molecule has 0 aliphatic rings. The second kappa shape index (κ2) is 10.4. The van der Waals surface area contributed by atoms with Crippen molar-refractivity contribution in [2.45, 2.75) is 31.8 Å². The predicted octanol–water partition coefficient (Wildman–Crippen LogP) is 4.67. The lowest BCUT2D eigenvalue weighted by molar-refractivity contribution is -0.155. The highest BCUT2D eigenvalue weighted by atomic mass is 16.5. The molecule has 3 aromatic rings. The highest BCUT2D eigenvalue weighted by molar-refractivity contribution is 5.87. The molecule has 0 bridgehead atoms. The van der Waals surface area contributed by atoms with E-state index in [0.29, 0.717) is 6.54 Å². The van der Waals surface area contributed by atoms with Gasteiger partial charge in [-0.3, -0.25) is 9.59 Å². The van der Waals surface area contributed by atoms with Crippen LogP contribution in [0.2, 0.25) is 0 Å². The molecule has 0 aliphatic heterocycles. The number of ether oxygens (including phenoxy) is 1. The lowest BCUT2D eigenvalue weighted by atomic mass is 9.91. The molecule has 4 nitrogen and oxygen atoms in total. The first-order chi connectivity index (χ1) is 14.6. The van der Waals surface area contributed by atoms with Crippen LogP contribution in [0.4, 0.5) is 0 Å². The second-order valence-electron chi connectivity index (χ2n) is 7.39. The van der Waals surface area contributed by atoms with Crippen LogP contribution in [0.25, 0.3) is 0 Å². The molecule has 4 heteroatoms. The van der Waals surface area contributed by atoms with Gasteiger partial charge in [-0.25, -0.2) is 0 Å². The third kappa shape index (κ3) is 5.57. The van der Waals surface area contributed by atoms with Crippen molar-refractivity contribution < 1.29 is 14.3 Å². The van der Waals surface area contributed by atoms with Gasteiger partial charge in [0.2, 0.25) is 0 Å². The van der Waals surface area contributed by atoms with E-state index in [0.717, 1.165) is 16.7 Å². The minimum Gasteiger partial charge on any atom is -0.452 e. The van der Waals surface area contributed by atoms with Crippen molar-refractivity contribution in [3.05, 3.63) is 108 Å². The Labute approximate surface area is 177 Å². The number of esters is 1. The van der Waals surface area contributed by atoms with Crippen LogP contribution in [0.5, 0.6) is 0 Å². The van der Waals surface area contributed by atoms with Gasteiger partial charge in [-0.2, -0.15) is 0 Å². The van der Waals surface area contributed by atoms with Crippen molar-refractivity contribution in [3.8, 4) is 0 Å². The standard InChI is InChI=1S/C26H27NO3/c1-19(21-12-6-3-7-13-21)18-27-25(28)20(2)30-26(29)24(22-14-8-4-9-15-22)23-16-10-5-11-17-23/h3-17,19-20,24H,18H2,1-2H3,(H,27,28)/t19-,20+/m1/s1. The zero-order valence-corrected chi connectivity index (χ0v) is 17.3. The van der Waals surface area contributed by atoms with Crippen LogP contribution < -0.4 is 5.32 Å². The molecule has 0 unspecified atom stereocenters. The van der Waals surface area contributed by atoms with Crippen molar-refractivity contribution in [1.82, 2.24) is 5.32 Å². The van der Waals surface area contributed by atoms with E-state index >= 15 is 0 Å². The first-order valence-electron chi connectivity index (χ1n) is 10.2. The van der Waals surface area contributed by atoms with Crippen LogP contribution in [0.1, 0.15) is 42.4 Å². The number of hydrogen-bond donors (Lipinski definition) is 1. The number of carbonyl (C=O) groups is 2. The number of amides is 1. The quantitative estimate of drug-likeness (QED) is 0.558. The van der Waals surface area contributed by atoms with Gasteiger partial charge in [0, 0.05) is 6.54 Å². The number of benzene rings is 3. The van der Waals surface area contributed by atoms with Gasteiger partial charge in [-0.05, 0) is 29.5 Å². The first-order valence-corrected chi connectivity index (χ1v) is 10.2. The topological polar surface area (TPSA) is 55.4 Å². The molecule has 0 saturated carbocycles. The van der Waals surface area contributed by atoms with Crippen LogP contribution in [-0.4, -0.2) is 24.5 Å². The van der Waals surface area contributed by atoms with E-state index in [4.69, 9.17) is 4.74 Å². The van der Waals surface area contributed by atoms with Crippen molar-refractivity contribution in [2.75, 3.05) is 6.54 Å². The van der Waals surface area contributed by atoms with Gasteiger partial charge in [-0.1, -0.05) is 97.9 Å². The molecule has 1 amide bonds. The fourth-order valence-electron chi connectivity index (χ4n) is 3.35. The molecule has 0 fully saturated rings. The highest BCUT2D eigenvalue weighted by Crippen LogP contribution is 2.26. The first kappa shape index (κ1) is 21.3.